The van der Waals surface area contributed by atoms with Gasteiger partial charge in [-0.15, -0.1) is 0 Å². The van der Waals surface area contributed by atoms with Crippen molar-refractivity contribution < 1.29 is 0 Å². The van der Waals surface area contributed by atoms with Crippen molar-refractivity contribution in [1.29, 1.82) is 0 Å². The molecule has 2 heteroatoms. The van der Waals surface area contributed by atoms with Crippen molar-refractivity contribution in [2.24, 2.45) is 16.9 Å². The molecule has 0 aromatic rings. The first-order valence-electron chi connectivity index (χ1n) is 4.62. The lowest BCUT2D eigenvalue weighted by molar-refractivity contribution is 0.195. The molecule has 0 fully saturated rings. The van der Waals surface area contributed by atoms with Gasteiger partial charge in [0.05, 0.1) is 6.04 Å². The second-order valence-electron chi connectivity index (χ2n) is 4.07. The molecule has 66 valence electrons. The maximum Gasteiger partial charge on any atom is 0.0608 e. The molecule has 0 aromatic heterocycles. The van der Waals surface area contributed by atoms with Crippen LogP contribution in [-0.4, -0.2) is 24.3 Å². The Hall–Kier alpha value is -0.790. The van der Waals surface area contributed by atoms with E-state index in [1.165, 1.54) is 12.0 Å². The Balaban J connectivity index is 2.24. The van der Waals surface area contributed by atoms with Crippen LogP contribution in [0.1, 0.15) is 20.3 Å². The second-order valence-corrected chi connectivity index (χ2v) is 4.07. The van der Waals surface area contributed by atoms with E-state index in [1.807, 2.05) is 0 Å². The van der Waals surface area contributed by atoms with Crippen molar-refractivity contribution in [2.75, 3.05) is 7.05 Å². The third-order valence-corrected chi connectivity index (χ3v) is 2.95. The van der Waals surface area contributed by atoms with Gasteiger partial charge in [0.25, 0.3) is 0 Å². The van der Waals surface area contributed by atoms with Crippen LogP contribution in [0.25, 0.3) is 0 Å². The molecule has 12 heavy (non-hydrogen) atoms. The van der Waals surface area contributed by atoms with Gasteiger partial charge in [-0.1, -0.05) is 18.6 Å². The fourth-order valence-electron chi connectivity index (χ4n) is 2.52. The highest BCUT2D eigenvalue weighted by molar-refractivity contribution is 5.65. The van der Waals surface area contributed by atoms with E-state index < -0.39 is 0 Å². The molecule has 2 unspecified atom stereocenters. The van der Waals surface area contributed by atoms with Crippen LogP contribution in [0, 0.1) is 11.8 Å². The number of nitrogens with zero attached hydrogens (tertiary/aromatic N) is 2. The zero-order valence-corrected chi connectivity index (χ0v) is 7.99. The molecule has 0 bridgehead atoms. The molecule has 2 aliphatic rings. The van der Waals surface area contributed by atoms with Crippen molar-refractivity contribution in [2.45, 2.75) is 26.3 Å². The molecule has 2 nitrogen and oxygen atoms in total. The summed E-state index contributed by atoms with van der Waals surface area (Å²) >= 11 is 0. The van der Waals surface area contributed by atoms with Crippen LogP contribution >= 0.6 is 0 Å². The van der Waals surface area contributed by atoms with Gasteiger partial charge in [-0.05, 0) is 19.3 Å². The summed E-state index contributed by atoms with van der Waals surface area (Å²) in [5, 5.41) is 6.45. The highest BCUT2D eigenvalue weighted by Gasteiger charge is 2.34. The Morgan fingerprint density at radius 1 is 1.58 bits per heavy atom. The quantitative estimate of drug-likeness (QED) is 0.499. The zero-order chi connectivity index (χ0) is 8.72. The lowest BCUT2D eigenvalue weighted by Crippen LogP contribution is -2.37. The SMILES string of the molecule is CC1=C[C@@H](C)C2C(C=NN2C)C1. The molecule has 1 aliphatic carbocycles. The highest BCUT2D eigenvalue weighted by Crippen LogP contribution is 2.33. The molecular formula is C10H16N2. The Kier molecular flexibility index (Phi) is 1.71. The Morgan fingerprint density at radius 3 is 3.08 bits per heavy atom. The van der Waals surface area contributed by atoms with Gasteiger partial charge in [-0.25, -0.2) is 0 Å². The number of rotatable bonds is 0. The molecular weight excluding hydrogens is 148 g/mol. The zero-order valence-electron chi connectivity index (χ0n) is 7.99. The maximum atomic E-state index is 4.34. The van der Waals surface area contributed by atoms with E-state index in [2.05, 4.69) is 43.3 Å². The summed E-state index contributed by atoms with van der Waals surface area (Å²) in [5.41, 5.74) is 1.52. The van der Waals surface area contributed by atoms with Crippen LogP contribution in [0.4, 0.5) is 0 Å². The van der Waals surface area contributed by atoms with E-state index >= 15 is 0 Å². The average Bonchev–Trinajstić information content (AvgIpc) is 2.31. The Bertz CT molecular complexity index is 242. The van der Waals surface area contributed by atoms with E-state index in [-0.39, 0.29) is 0 Å². The minimum atomic E-state index is 0.619. The first-order chi connectivity index (χ1) is 5.68. The van der Waals surface area contributed by atoms with Crippen LogP contribution in [0.2, 0.25) is 0 Å². The standard InChI is InChI=1S/C10H16N2/c1-7-4-8(2)10-9(5-7)6-11-12(10)3/h4,6,8-10H,5H2,1-3H3/t8-,9?,10?/m1/s1. The third-order valence-electron chi connectivity index (χ3n) is 2.95. The van der Waals surface area contributed by atoms with Crippen molar-refractivity contribution in [3.63, 3.8) is 0 Å². The number of hydrogen-bond donors (Lipinski definition) is 0. The molecule has 1 aliphatic heterocycles. The summed E-state index contributed by atoms with van der Waals surface area (Å²) in [4.78, 5) is 0. The summed E-state index contributed by atoms with van der Waals surface area (Å²) in [7, 11) is 2.08. The topological polar surface area (TPSA) is 15.6 Å². The lowest BCUT2D eigenvalue weighted by atomic mass is 9.80. The van der Waals surface area contributed by atoms with Crippen LogP contribution in [-0.2, 0) is 0 Å². The minimum Gasteiger partial charge on any atom is -0.296 e. The number of fused-ring (bicyclic) bond motifs is 1. The van der Waals surface area contributed by atoms with Crippen LogP contribution in [0.3, 0.4) is 0 Å². The first kappa shape index (κ1) is 7.84. The van der Waals surface area contributed by atoms with Gasteiger partial charge in [-0.3, -0.25) is 5.01 Å². The van der Waals surface area contributed by atoms with Crippen LogP contribution in [0.15, 0.2) is 16.8 Å². The Labute approximate surface area is 73.9 Å². The maximum absolute atomic E-state index is 4.34. The molecule has 0 aromatic carbocycles. The second kappa shape index (κ2) is 2.61. The van der Waals surface area contributed by atoms with Gasteiger partial charge in [0.2, 0.25) is 0 Å². The fraction of sp³-hybridized carbons (Fsp3) is 0.700. The van der Waals surface area contributed by atoms with Crippen molar-refractivity contribution in [1.82, 2.24) is 5.01 Å². The molecule has 1 heterocycles. The smallest absolute Gasteiger partial charge is 0.0608 e. The number of hydrogen-bond acceptors (Lipinski definition) is 2. The molecule has 0 radical (unpaired) electrons. The van der Waals surface area contributed by atoms with E-state index in [0.717, 1.165) is 0 Å². The lowest BCUT2D eigenvalue weighted by Gasteiger charge is -2.32. The third kappa shape index (κ3) is 1.06. The van der Waals surface area contributed by atoms with E-state index in [0.29, 0.717) is 17.9 Å². The fourth-order valence-corrected chi connectivity index (χ4v) is 2.52. The predicted octanol–water partition coefficient (Wildman–Crippen LogP) is 1.89. The Morgan fingerprint density at radius 2 is 2.33 bits per heavy atom. The van der Waals surface area contributed by atoms with E-state index in [1.54, 1.807) is 0 Å². The monoisotopic (exact) mass is 164 g/mol. The molecule has 3 atom stereocenters. The summed E-state index contributed by atoms with van der Waals surface area (Å²) in [6.45, 7) is 4.50. The summed E-state index contributed by atoms with van der Waals surface area (Å²) in [5.74, 6) is 1.31. The van der Waals surface area contributed by atoms with Gasteiger partial charge in [0.1, 0.15) is 0 Å². The number of hydrazone groups is 1. The summed E-state index contributed by atoms with van der Waals surface area (Å²) in [6.07, 6.45) is 5.69. The predicted molar refractivity (Wildman–Crippen MR) is 51.1 cm³/mol. The molecule has 2 rings (SSSR count). The summed E-state index contributed by atoms with van der Waals surface area (Å²) in [6, 6.07) is 0.619. The van der Waals surface area contributed by atoms with Gasteiger partial charge >= 0.3 is 0 Å². The van der Waals surface area contributed by atoms with Gasteiger partial charge in [0, 0.05) is 19.2 Å². The van der Waals surface area contributed by atoms with E-state index in [4.69, 9.17) is 0 Å². The average molecular weight is 164 g/mol. The van der Waals surface area contributed by atoms with Crippen LogP contribution in [0.5, 0.6) is 0 Å². The largest absolute Gasteiger partial charge is 0.296 e. The summed E-state index contributed by atoms with van der Waals surface area (Å²) < 4.78 is 0. The molecule has 0 amide bonds. The molecule has 0 saturated carbocycles. The molecule has 0 spiro atoms. The van der Waals surface area contributed by atoms with E-state index in [9.17, 15) is 0 Å². The minimum absolute atomic E-state index is 0.619. The van der Waals surface area contributed by atoms with Crippen molar-refractivity contribution in [3.8, 4) is 0 Å². The molecule has 0 saturated heterocycles. The first-order valence-corrected chi connectivity index (χ1v) is 4.62. The van der Waals surface area contributed by atoms with Gasteiger partial charge in [0.15, 0.2) is 0 Å². The van der Waals surface area contributed by atoms with Gasteiger partial charge < -0.3 is 0 Å². The van der Waals surface area contributed by atoms with Gasteiger partial charge in [-0.2, -0.15) is 5.10 Å². The molecule has 0 N–H and O–H groups in total. The van der Waals surface area contributed by atoms with Crippen molar-refractivity contribution >= 4 is 6.21 Å². The van der Waals surface area contributed by atoms with Crippen molar-refractivity contribution in [3.05, 3.63) is 11.6 Å². The highest BCUT2D eigenvalue weighted by atomic mass is 15.5. The normalized spacial score (nSPS) is 39.8. The van der Waals surface area contributed by atoms with Crippen LogP contribution < -0.4 is 0 Å². The number of allylic oxidation sites excluding steroid dienone is 1.